The van der Waals surface area contributed by atoms with Crippen LogP contribution < -0.4 is 0 Å². The van der Waals surface area contributed by atoms with Gasteiger partial charge < -0.3 is 9.64 Å². The Hall–Kier alpha value is -0.570. The number of carbonyl (C=O) groups is 1. The first kappa shape index (κ1) is 13.5. The van der Waals surface area contributed by atoms with Gasteiger partial charge in [0.15, 0.2) is 0 Å². The monoisotopic (exact) mass is 227 g/mol. The molecule has 1 aliphatic heterocycles. The van der Waals surface area contributed by atoms with Gasteiger partial charge in [-0.05, 0) is 12.3 Å². The van der Waals surface area contributed by atoms with Gasteiger partial charge in [-0.2, -0.15) is 0 Å². The van der Waals surface area contributed by atoms with Gasteiger partial charge in [-0.15, -0.1) is 0 Å². The number of hydrogen-bond donors (Lipinski definition) is 0. The molecule has 1 fully saturated rings. The van der Waals surface area contributed by atoms with Gasteiger partial charge in [0.05, 0.1) is 13.2 Å². The molecule has 16 heavy (non-hydrogen) atoms. The van der Waals surface area contributed by atoms with Gasteiger partial charge in [-0.25, -0.2) is 0 Å². The molecule has 3 nitrogen and oxygen atoms in total. The Morgan fingerprint density at radius 2 is 1.88 bits per heavy atom. The van der Waals surface area contributed by atoms with E-state index >= 15 is 0 Å². The molecule has 1 amide bonds. The lowest BCUT2D eigenvalue weighted by atomic mass is 10.0. The summed E-state index contributed by atoms with van der Waals surface area (Å²) in [7, 11) is 0. The summed E-state index contributed by atoms with van der Waals surface area (Å²) in [6.45, 7) is 7.48. The van der Waals surface area contributed by atoms with E-state index in [9.17, 15) is 4.79 Å². The Bertz CT molecular complexity index is 198. The molecule has 1 aliphatic rings. The molecule has 0 N–H and O–H groups in total. The number of nitrogens with zero attached hydrogens (tertiary/aromatic N) is 1. The molecule has 1 rings (SSSR count). The number of hydrogen-bond acceptors (Lipinski definition) is 2. The molecule has 0 spiro atoms. The predicted octanol–water partition coefficient (Wildman–Crippen LogP) is 2.45. The number of ether oxygens (including phenoxy) is 1. The van der Waals surface area contributed by atoms with Gasteiger partial charge in [-0.1, -0.05) is 33.1 Å². The fourth-order valence-corrected chi connectivity index (χ4v) is 1.98. The molecular formula is C13H25NO2. The van der Waals surface area contributed by atoms with Crippen LogP contribution in [0.25, 0.3) is 0 Å². The highest BCUT2D eigenvalue weighted by Gasteiger charge is 2.15. The number of carbonyl (C=O) groups excluding carboxylic acids is 1. The maximum absolute atomic E-state index is 11.8. The van der Waals surface area contributed by atoms with Crippen molar-refractivity contribution >= 4 is 5.91 Å². The van der Waals surface area contributed by atoms with Crippen molar-refractivity contribution in [3.8, 4) is 0 Å². The van der Waals surface area contributed by atoms with E-state index in [-0.39, 0.29) is 0 Å². The highest BCUT2D eigenvalue weighted by molar-refractivity contribution is 5.76. The van der Waals surface area contributed by atoms with Crippen LogP contribution in [0.15, 0.2) is 0 Å². The lowest BCUT2D eigenvalue weighted by Gasteiger charge is -2.26. The molecule has 0 radical (unpaired) electrons. The minimum atomic E-state index is 0.313. The van der Waals surface area contributed by atoms with Crippen molar-refractivity contribution in [2.75, 3.05) is 26.3 Å². The molecule has 0 aromatic carbocycles. The molecule has 0 bridgehead atoms. The second-order valence-corrected chi connectivity index (χ2v) is 4.99. The van der Waals surface area contributed by atoms with Crippen LogP contribution in [-0.4, -0.2) is 37.1 Å². The van der Waals surface area contributed by atoms with Crippen molar-refractivity contribution in [2.45, 2.75) is 46.0 Å². The molecule has 1 heterocycles. The maximum atomic E-state index is 11.8. The van der Waals surface area contributed by atoms with E-state index in [4.69, 9.17) is 4.74 Å². The van der Waals surface area contributed by atoms with Crippen molar-refractivity contribution in [3.05, 3.63) is 0 Å². The van der Waals surface area contributed by atoms with Crippen molar-refractivity contribution in [2.24, 2.45) is 5.92 Å². The molecule has 0 atom stereocenters. The highest BCUT2D eigenvalue weighted by Crippen LogP contribution is 2.10. The molecular weight excluding hydrogens is 202 g/mol. The quantitative estimate of drug-likeness (QED) is 0.652. The lowest BCUT2D eigenvalue weighted by molar-refractivity contribution is -0.135. The van der Waals surface area contributed by atoms with Crippen LogP contribution in [0.2, 0.25) is 0 Å². The summed E-state index contributed by atoms with van der Waals surface area (Å²) >= 11 is 0. The van der Waals surface area contributed by atoms with Crippen LogP contribution in [0.3, 0.4) is 0 Å². The standard InChI is InChI=1S/C13H25NO2/c1-12(2)6-4-3-5-7-13(15)14-8-10-16-11-9-14/h12H,3-11H2,1-2H3. The molecule has 0 saturated carbocycles. The summed E-state index contributed by atoms with van der Waals surface area (Å²) in [6, 6.07) is 0. The minimum Gasteiger partial charge on any atom is -0.378 e. The van der Waals surface area contributed by atoms with Crippen LogP contribution >= 0.6 is 0 Å². The van der Waals surface area contributed by atoms with Gasteiger partial charge >= 0.3 is 0 Å². The molecule has 0 aromatic heterocycles. The second kappa shape index (κ2) is 7.66. The normalized spacial score (nSPS) is 16.8. The summed E-state index contributed by atoms with van der Waals surface area (Å²) in [5, 5.41) is 0. The average Bonchev–Trinajstić information content (AvgIpc) is 2.29. The fourth-order valence-electron chi connectivity index (χ4n) is 1.98. The van der Waals surface area contributed by atoms with Gasteiger partial charge in [0.25, 0.3) is 0 Å². The summed E-state index contributed by atoms with van der Waals surface area (Å²) in [6.07, 6.45) is 5.50. The van der Waals surface area contributed by atoms with Crippen molar-refractivity contribution in [3.63, 3.8) is 0 Å². The van der Waals surface area contributed by atoms with Crippen LogP contribution in [0.1, 0.15) is 46.0 Å². The van der Waals surface area contributed by atoms with Crippen molar-refractivity contribution < 1.29 is 9.53 Å². The third kappa shape index (κ3) is 5.50. The van der Waals surface area contributed by atoms with E-state index in [1.807, 2.05) is 4.90 Å². The smallest absolute Gasteiger partial charge is 0.222 e. The Morgan fingerprint density at radius 1 is 1.19 bits per heavy atom. The van der Waals surface area contributed by atoms with Gasteiger partial charge in [-0.3, -0.25) is 4.79 Å². The van der Waals surface area contributed by atoms with Crippen LogP contribution in [0.4, 0.5) is 0 Å². The molecule has 3 heteroatoms. The van der Waals surface area contributed by atoms with Gasteiger partial charge in [0.1, 0.15) is 0 Å². The van der Waals surface area contributed by atoms with E-state index in [0.717, 1.165) is 31.8 Å². The first-order valence-corrected chi connectivity index (χ1v) is 6.55. The maximum Gasteiger partial charge on any atom is 0.222 e. The molecule has 0 aliphatic carbocycles. The summed E-state index contributed by atoms with van der Waals surface area (Å²) in [5.74, 6) is 1.10. The fraction of sp³-hybridized carbons (Fsp3) is 0.923. The molecule has 1 saturated heterocycles. The summed E-state index contributed by atoms with van der Waals surface area (Å²) < 4.78 is 5.23. The lowest BCUT2D eigenvalue weighted by Crippen LogP contribution is -2.40. The summed E-state index contributed by atoms with van der Waals surface area (Å²) in [4.78, 5) is 13.7. The Kier molecular flexibility index (Phi) is 6.46. The number of unbranched alkanes of at least 4 members (excludes halogenated alkanes) is 2. The van der Waals surface area contributed by atoms with E-state index in [0.29, 0.717) is 19.1 Å². The van der Waals surface area contributed by atoms with E-state index in [1.165, 1.54) is 19.3 Å². The average molecular weight is 227 g/mol. The SMILES string of the molecule is CC(C)CCCCCC(=O)N1CCOCC1. The second-order valence-electron chi connectivity index (χ2n) is 4.99. The first-order chi connectivity index (χ1) is 7.70. The van der Waals surface area contributed by atoms with Crippen molar-refractivity contribution in [1.29, 1.82) is 0 Å². The third-order valence-corrected chi connectivity index (χ3v) is 3.04. The minimum absolute atomic E-state index is 0.313. The van der Waals surface area contributed by atoms with Crippen LogP contribution in [0, 0.1) is 5.92 Å². The van der Waals surface area contributed by atoms with E-state index < -0.39 is 0 Å². The van der Waals surface area contributed by atoms with E-state index in [2.05, 4.69) is 13.8 Å². The third-order valence-electron chi connectivity index (χ3n) is 3.04. The number of rotatable bonds is 6. The molecule has 94 valence electrons. The largest absolute Gasteiger partial charge is 0.378 e. The van der Waals surface area contributed by atoms with Gasteiger partial charge in [0, 0.05) is 19.5 Å². The highest BCUT2D eigenvalue weighted by atomic mass is 16.5. The Labute approximate surface area is 99.1 Å². The van der Waals surface area contributed by atoms with Crippen LogP contribution in [-0.2, 0) is 9.53 Å². The van der Waals surface area contributed by atoms with Crippen LogP contribution in [0.5, 0.6) is 0 Å². The predicted molar refractivity (Wildman–Crippen MR) is 65.3 cm³/mol. The Balaban J connectivity index is 2.01. The van der Waals surface area contributed by atoms with E-state index in [1.54, 1.807) is 0 Å². The zero-order valence-corrected chi connectivity index (χ0v) is 10.7. The zero-order valence-electron chi connectivity index (χ0n) is 10.7. The summed E-state index contributed by atoms with van der Waals surface area (Å²) in [5.41, 5.74) is 0. The molecule has 0 aromatic rings. The Morgan fingerprint density at radius 3 is 2.50 bits per heavy atom. The molecule has 0 unspecified atom stereocenters. The number of amides is 1. The van der Waals surface area contributed by atoms with Crippen molar-refractivity contribution in [1.82, 2.24) is 4.90 Å². The van der Waals surface area contributed by atoms with Gasteiger partial charge in [0.2, 0.25) is 5.91 Å². The number of morpholine rings is 1. The zero-order chi connectivity index (χ0) is 11.8. The topological polar surface area (TPSA) is 29.5 Å². The first-order valence-electron chi connectivity index (χ1n) is 6.55.